The van der Waals surface area contributed by atoms with Crippen LogP contribution in [0.5, 0.6) is 0 Å². The van der Waals surface area contributed by atoms with Crippen molar-refractivity contribution in [2.75, 3.05) is 6.61 Å². The SMILES string of the molecule is O=C(COC(=O)c1cccc(S(=O)(=O)NCc2ccccc2)c1)NNC(=O)c1ccccc1. The monoisotopic (exact) mass is 467 g/mol. The first-order valence-electron chi connectivity index (χ1n) is 9.80. The van der Waals surface area contributed by atoms with Crippen molar-refractivity contribution in [1.82, 2.24) is 15.6 Å². The smallest absolute Gasteiger partial charge is 0.338 e. The summed E-state index contributed by atoms with van der Waals surface area (Å²) in [7, 11) is -3.87. The molecule has 0 unspecified atom stereocenters. The highest BCUT2D eigenvalue weighted by molar-refractivity contribution is 7.89. The fraction of sp³-hybridized carbons (Fsp3) is 0.0870. The van der Waals surface area contributed by atoms with Crippen LogP contribution in [0.25, 0.3) is 0 Å². The molecule has 0 aliphatic heterocycles. The number of ether oxygens (including phenoxy) is 1. The minimum absolute atomic E-state index is 0.0429. The van der Waals surface area contributed by atoms with Gasteiger partial charge in [-0.25, -0.2) is 17.9 Å². The molecule has 2 amide bonds. The van der Waals surface area contributed by atoms with E-state index in [2.05, 4.69) is 15.6 Å². The third kappa shape index (κ3) is 6.99. The lowest BCUT2D eigenvalue weighted by Gasteiger charge is -2.10. The third-order valence-electron chi connectivity index (χ3n) is 4.37. The van der Waals surface area contributed by atoms with Crippen molar-refractivity contribution >= 4 is 27.8 Å². The van der Waals surface area contributed by atoms with Crippen LogP contribution in [-0.4, -0.2) is 32.8 Å². The molecule has 3 aromatic carbocycles. The van der Waals surface area contributed by atoms with Gasteiger partial charge in [-0.2, -0.15) is 0 Å². The molecule has 0 saturated carbocycles. The topological polar surface area (TPSA) is 131 Å². The summed E-state index contributed by atoms with van der Waals surface area (Å²) in [5.41, 5.74) is 5.41. The van der Waals surface area contributed by atoms with Crippen LogP contribution < -0.4 is 15.6 Å². The van der Waals surface area contributed by atoms with Crippen molar-refractivity contribution in [2.45, 2.75) is 11.4 Å². The number of rotatable bonds is 8. The molecular formula is C23H21N3O6S. The van der Waals surface area contributed by atoms with Crippen LogP contribution in [0.15, 0.2) is 89.8 Å². The van der Waals surface area contributed by atoms with Gasteiger partial charge in [-0.3, -0.25) is 20.4 Å². The van der Waals surface area contributed by atoms with Crippen molar-refractivity contribution in [1.29, 1.82) is 0 Å². The Bertz CT molecular complexity index is 1230. The summed E-state index contributed by atoms with van der Waals surface area (Å²) in [6.07, 6.45) is 0. The van der Waals surface area contributed by atoms with Crippen LogP contribution in [0, 0.1) is 0 Å². The molecule has 0 aliphatic carbocycles. The Morgan fingerprint density at radius 3 is 2.09 bits per heavy atom. The number of esters is 1. The standard InChI is InChI=1S/C23H21N3O6S/c27-21(25-26-22(28)18-10-5-2-6-11-18)16-32-23(29)19-12-7-13-20(14-19)33(30,31)24-15-17-8-3-1-4-9-17/h1-14,24H,15-16H2,(H,25,27)(H,26,28). The molecule has 170 valence electrons. The molecule has 0 aromatic heterocycles. The lowest BCUT2D eigenvalue weighted by Crippen LogP contribution is -2.43. The van der Waals surface area contributed by atoms with Gasteiger partial charge in [0, 0.05) is 12.1 Å². The number of amides is 2. The molecule has 10 heteroatoms. The van der Waals surface area contributed by atoms with Crippen molar-refractivity contribution in [3.63, 3.8) is 0 Å². The van der Waals surface area contributed by atoms with Gasteiger partial charge in [-0.15, -0.1) is 0 Å². The maximum atomic E-state index is 12.5. The molecule has 9 nitrogen and oxygen atoms in total. The van der Waals surface area contributed by atoms with Gasteiger partial charge in [0.05, 0.1) is 10.5 Å². The summed E-state index contributed by atoms with van der Waals surface area (Å²) in [5, 5.41) is 0. The molecule has 3 N–H and O–H groups in total. The van der Waals surface area contributed by atoms with Gasteiger partial charge in [-0.05, 0) is 35.9 Å². The van der Waals surface area contributed by atoms with Gasteiger partial charge in [0.25, 0.3) is 11.8 Å². The van der Waals surface area contributed by atoms with Gasteiger partial charge in [-0.1, -0.05) is 54.6 Å². The van der Waals surface area contributed by atoms with Gasteiger partial charge in [0.15, 0.2) is 6.61 Å². The number of nitrogens with one attached hydrogen (secondary N) is 3. The maximum absolute atomic E-state index is 12.5. The molecule has 0 saturated heterocycles. The number of hydrogen-bond acceptors (Lipinski definition) is 6. The fourth-order valence-corrected chi connectivity index (χ4v) is 3.75. The predicted molar refractivity (Wildman–Crippen MR) is 119 cm³/mol. The van der Waals surface area contributed by atoms with Gasteiger partial charge < -0.3 is 4.74 Å². The molecule has 0 aliphatic rings. The summed E-state index contributed by atoms with van der Waals surface area (Å²) < 4.78 is 32.5. The van der Waals surface area contributed by atoms with Crippen LogP contribution in [0.2, 0.25) is 0 Å². The minimum Gasteiger partial charge on any atom is -0.452 e. The quantitative estimate of drug-likeness (QED) is 0.342. The summed E-state index contributed by atoms with van der Waals surface area (Å²) in [4.78, 5) is 35.9. The molecule has 0 radical (unpaired) electrons. The second-order valence-corrected chi connectivity index (χ2v) is 8.55. The van der Waals surface area contributed by atoms with Crippen LogP contribution in [0.3, 0.4) is 0 Å². The summed E-state index contributed by atoms with van der Waals surface area (Å²) in [6, 6.07) is 22.5. The lowest BCUT2D eigenvalue weighted by atomic mass is 10.2. The van der Waals surface area contributed by atoms with Gasteiger partial charge >= 0.3 is 5.97 Å². The molecular weight excluding hydrogens is 446 g/mol. The van der Waals surface area contributed by atoms with Gasteiger partial charge in [0.2, 0.25) is 10.0 Å². The highest BCUT2D eigenvalue weighted by atomic mass is 32.2. The summed E-state index contributed by atoms with van der Waals surface area (Å²) in [5.74, 6) is -2.18. The van der Waals surface area contributed by atoms with E-state index in [9.17, 15) is 22.8 Å². The first-order valence-corrected chi connectivity index (χ1v) is 11.3. The molecule has 0 heterocycles. The number of sulfonamides is 1. The first kappa shape index (κ1) is 23.6. The normalized spacial score (nSPS) is 10.8. The summed E-state index contributed by atoms with van der Waals surface area (Å²) >= 11 is 0. The molecule has 3 rings (SSSR count). The van der Waals surface area contributed by atoms with Crippen molar-refractivity contribution < 1.29 is 27.5 Å². The molecule has 3 aromatic rings. The first-order chi connectivity index (χ1) is 15.8. The largest absolute Gasteiger partial charge is 0.452 e. The highest BCUT2D eigenvalue weighted by Gasteiger charge is 2.17. The van der Waals surface area contributed by atoms with Crippen molar-refractivity contribution in [2.24, 2.45) is 0 Å². The average Bonchev–Trinajstić information content (AvgIpc) is 2.86. The number of hydrogen-bond donors (Lipinski definition) is 3. The predicted octanol–water partition coefficient (Wildman–Crippen LogP) is 1.78. The van der Waals surface area contributed by atoms with E-state index in [1.165, 1.54) is 18.2 Å². The van der Waals surface area contributed by atoms with E-state index >= 15 is 0 Å². The van der Waals surface area contributed by atoms with Crippen LogP contribution >= 0.6 is 0 Å². The minimum atomic E-state index is -3.87. The van der Waals surface area contributed by atoms with Crippen LogP contribution in [0.1, 0.15) is 26.3 Å². The van der Waals surface area contributed by atoms with E-state index in [1.54, 1.807) is 54.6 Å². The lowest BCUT2D eigenvalue weighted by molar-refractivity contribution is -0.125. The zero-order valence-corrected chi connectivity index (χ0v) is 18.2. The molecule has 0 bridgehead atoms. The third-order valence-corrected chi connectivity index (χ3v) is 5.77. The van der Waals surface area contributed by atoms with Crippen LogP contribution in [0.4, 0.5) is 0 Å². The van der Waals surface area contributed by atoms with E-state index in [1.807, 2.05) is 6.07 Å². The van der Waals surface area contributed by atoms with E-state index < -0.39 is 34.4 Å². The second-order valence-electron chi connectivity index (χ2n) is 6.78. The second kappa shape index (κ2) is 11.0. The molecule has 0 spiro atoms. The zero-order chi connectivity index (χ0) is 23.7. The van der Waals surface area contributed by atoms with E-state index in [0.29, 0.717) is 5.56 Å². The highest BCUT2D eigenvalue weighted by Crippen LogP contribution is 2.13. The Balaban J connectivity index is 1.52. The average molecular weight is 468 g/mol. The Hall–Kier alpha value is -4.02. The fourth-order valence-electron chi connectivity index (χ4n) is 2.69. The van der Waals surface area contributed by atoms with E-state index in [4.69, 9.17) is 4.74 Å². The summed E-state index contributed by atoms with van der Waals surface area (Å²) in [6.45, 7) is -0.580. The molecule has 0 atom stereocenters. The van der Waals surface area contributed by atoms with E-state index in [0.717, 1.165) is 11.6 Å². The van der Waals surface area contributed by atoms with Crippen molar-refractivity contribution in [3.05, 3.63) is 102 Å². The van der Waals surface area contributed by atoms with Crippen LogP contribution in [-0.2, 0) is 26.1 Å². The Kier molecular flexibility index (Phi) is 7.90. The Labute approximate surface area is 190 Å². The Morgan fingerprint density at radius 1 is 0.758 bits per heavy atom. The Morgan fingerprint density at radius 2 is 1.39 bits per heavy atom. The number of carbonyl (C=O) groups is 3. The number of carbonyl (C=O) groups excluding carboxylic acids is 3. The number of hydrazine groups is 1. The van der Waals surface area contributed by atoms with Crippen molar-refractivity contribution in [3.8, 4) is 0 Å². The molecule has 0 fully saturated rings. The van der Waals surface area contributed by atoms with E-state index in [-0.39, 0.29) is 17.0 Å². The maximum Gasteiger partial charge on any atom is 0.338 e. The van der Waals surface area contributed by atoms with Gasteiger partial charge in [0.1, 0.15) is 0 Å². The number of benzene rings is 3. The zero-order valence-electron chi connectivity index (χ0n) is 17.4. The molecule has 33 heavy (non-hydrogen) atoms.